The molecule has 0 spiro atoms. The maximum absolute atomic E-state index is 12.6. The minimum absolute atomic E-state index is 0.0612. The number of rotatable bonds is 8. The summed E-state index contributed by atoms with van der Waals surface area (Å²) in [6, 6.07) is 2.45. The van der Waals surface area contributed by atoms with E-state index in [2.05, 4.69) is 76.5 Å². The van der Waals surface area contributed by atoms with Crippen LogP contribution in [0.1, 0.15) is 109 Å². The van der Waals surface area contributed by atoms with E-state index in [1.54, 1.807) is 4.90 Å². The van der Waals surface area contributed by atoms with Gasteiger partial charge < -0.3 is 34.9 Å². The van der Waals surface area contributed by atoms with Crippen LogP contribution in [0, 0.1) is 39.7 Å². The third-order valence-electron chi connectivity index (χ3n) is 7.55. The van der Waals surface area contributed by atoms with E-state index in [0.29, 0.717) is 25.9 Å². The third-order valence-corrected chi connectivity index (χ3v) is 9.01. The van der Waals surface area contributed by atoms with Crippen molar-refractivity contribution in [3.05, 3.63) is 34.4 Å². The molecule has 0 saturated carbocycles. The first-order valence-electron chi connectivity index (χ1n) is 19.7. The number of benzene rings is 1. The number of nitro groups is 1. The van der Waals surface area contributed by atoms with E-state index < -0.39 is 56.6 Å². The summed E-state index contributed by atoms with van der Waals surface area (Å²) >= 11 is 0. The van der Waals surface area contributed by atoms with Crippen LogP contribution in [0.3, 0.4) is 0 Å². The van der Waals surface area contributed by atoms with Gasteiger partial charge in [0, 0.05) is 38.3 Å². The van der Waals surface area contributed by atoms with Gasteiger partial charge in [-0.15, -0.1) is 0 Å². The molecule has 2 aliphatic heterocycles. The number of ether oxygens (including phenoxy) is 3. The van der Waals surface area contributed by atoms with Gasteiger partial charge in [-0.3, -0.25) is 19.7 Å². The lowest BCUT2D eigenvalue weighted by Gasteiger charge is -2.34. The van der Waals surface area contributed by atoms with E-state index in [-0.39, 0.29) is 48.5 Å². The number of methoxy groups -OCH3 is 2. The van der Waals surface area contributed by atoms with Crippen molar-refractivity contribution in [1.82, 2.24) is 14.5 Å². The minimum Gasteiger partial charge on any atom is -0.468 e. The van der Waals surface area contributed by atoms with Gasteiger partial charge in [-0.1, -0.05) is 62.3 Å². The van der Waals surface area contributed by atoms with Gasteiger partial charge in [0.15, 0.2) is 0 Å². The Morgan fingerprint density at radius 3 is 1.50 bits per heavy atom. The molecule has 0 bridgehead atoms. The molecule has 18 heteroatoms. The lowest BCUT2D eigenvalue weighted by molar-refractivity contribution is -0.384. The molecule has 2 heterocycles. The number of esters is 2. The van der Waals surface area contributed by atoms with Gasteiger partial charge in [0.25, 0.3) is 5.69 Å². The Morgan fingerprint density at radius 1 is 0.776 bits per heavy atom. The van der Waals surface area contributed by atoms with Crippen molar-refractivity contribution < 1.29 is 51.8 Å². The standard InChI is InChI=1S/C15H19N3O8S.C13H24N2O4.3C4H10/c1-26-14(19)13(10-6-8-17(9-7-10)15(20)21)16-27(24,25)12-4-2-11(3-5-12)18(22)23;1-13(2,3)19-12(17)15-7-5-9(6-8-15)10(14)11(16)18-4;3*1-4(2)3/h2-5,10,13,16H,6-9H2,1H3,(H,20,21);9-10H,5-8,14H2,1-4H3;3*4H,1-3H3. The number of non-ortho nitro benzene ring substituents is 1. The molecule has 1 aromatic rings. The van der Waals surface area contributed by atoms with Crippen molar-refractivity contribution in [1.29, 1.82) is 0 Å². The average molecular weight is 848 g/mol. The fourth-order valence-electron chi connectivity index (χ4n) is 4.97. The summed E-state index contributed by atoms with van der Waals surface area (Å²) in [4.78, 5) is 59.0. The Balaban J connectivity index is 0. The summed E-state index contributed by atoms with van der Waals surface area (Å²) in [6.45, 7) is 26.5. The van der Waals surface area contributed by atoms with Gasteiger partial charge in [-0.05, 0) is 88.2 Å². The molecule has 2 atom stereocenters. The topological polar surface area (TPSA) is 238 Å². The highest BCUT2D eigenvalue weighted by molar-refractivity contribution is 7.89. The molecule has 0 aromatic heterocycles. The summed E-state index contributed by atoms with van der Waals surface area (Å²) in [7, 11) is -1.68. The van der Waals surface area contributed by atoms with E-state index in [1.165, 1.54) is 12.0 Å². The highest BCUT2D eigenvalue weighted by atomic mass is 32.2. The Labute approximate surface area is 346 Å². The summed E-state index contributed by atoms with van der Waals surface area (Å²) in [5.74, 6) is 0.942. The fourth-order valence-corrected chi connectivity index (χ4v) is 6.22. The molecule has 2 aliphatic rings. The van der Waals surface area contributed by atoms with Crippen LogP contribution in [0.4, 0.5) is 15.3 Å². The Bertz CT molecular complexity index is 1460. The van der Waals surface area contributed by atoms with Crippen molar-refractivity contribution in [2.75, 3.05) is 40.4 Å². The highest BCUT2D eigenvalue weighted by Gasteiger charge is 2.37. The first-order chi connectivity index (χ1) is 26.6. The lowest BCUT2D eigenvalue weighted by Crippen LogP contribution is -2.50. The minimum atomic E-state index is -4.14. The summed E-state index contributed by atoms with van der Waals surface area (Å²) < 4.78 is 42.0. The molecule has 0 radical (unpaired) electrons. The van der Waals surface area contributed by atoms with Crippen LogP contribution in [0.5, 0.6) is 0 Å². The van der Waals surface area contributed by atoms with Gasteiger partial charge in [-0.25, -0.2) is 18.0 Å². The van der Waals surface area contributed by atoms with Crippen LogP contribution in [-0.4, -0.2) is 110 Å². The number of likely N-dealkylation sites (tertiary alicyclic amines) is 2. The van der Waals surface area contributed by atoms with Crippen molar-refractivity contribution >= 4 is 39.8 Å². The van der Waals surface area contributed by atoms with Crippen molar-refractivity contribution in [3.8, 4) is 0 Å². The number of nitrogens with zero attached hydrogens (tertiary/aromatic N) is 3. The second-order valence-corrected chi connectivity index (χ2v) is 18.7. The Morgan fingerprint density at radius 2 is 1.16 bits per heavy atom. The number of piperidine rings is 2. The molecule has 3 rings (SSSR count). The van der Waals surface area contributed by atoms with Gasteiger partial charge in [0.05, 0.1) is 24.0 Å². The van der Waals surface area contributed by atoms with E-state index in [1.807, 2.05) is 20.8 Å². The number of carbonyl (C=O) groups excluding carboxylic acids is 3. The predicted molar refractivity (Wildman–Crippen MR) is 224 cm³/mol. The number of carboxylic acid groups (broad SMARTS) is 1. The lowest BCUT2D eigenvalue weighted by atomic mass is 9.90. The van der Waals surface area contributed by atoms with Crippen LogP contribution >= 0.6 is 0 Å². The predicted octanol–water partition coefficient (Wildman–Crippen LogP) is 6.93. The fraction of sp³-hybridized carbons (Fsp3) is 0.750. The number of nitrogens with one attached hydrogen (secondary N) is 1. The number of nitro benzene ring substituents is 1. The SMILES string of the molecule is CC(C)C.CC(C)C.CC(C)C.COC(=O)C(N)C1CCN(C(=O)OC(C)(C)C)CC1.COC(=O)C(NS(=O)(=O)c1ccc([N+](=O)[O-])cc1)C1CCN(C(=O)O)CC1. The number of sulfonamides is 1. The van der Waals surface area contributed by atoms with Crippen LogP contribution < -0.4 is 10.5 Å². The molecule has 336 valence electrons. The second kappa shape index (κ2) is 27.6. The summed E-state index contributed by atoms with van der Waals surface area (Å²) in [5.41, 5.74) is 5.06. The first kappa shape index (κ1) is 56.1. The quantitative estimate of drug-likeness (QED) is 0.104. The Hall–Kier alpha value is -4.03. The third kappa shape index (κ3) is 24.7. The van der Waals surface area contributed by atoms with E-state index in [0.717, 1.165) is 49.1 Å². The molecule has 2 amide bonds. The molecular formula is C40H73N5O12S. The van der Waals surface area contributed by atoms with Crippen LogP contribution in [-0.2, 0) is 33.8 Å². The molecule has 17 nitrogen and oxygen atoms in total. The summed E-state index contributed by atoms with van der Waals surface area (Å²) in [5, 5.41) is 19.7. The number of hydrogen-bond donors (Lipinski definition) is 3. The molecule has 2 unspecified atom stereocenters. The monoisotopic (exact) mass is 847 g/mol. The first-order valence-corrected chi connectivity index (χ1v) is 21.2. The van der Waals surface area contributed by atoms with Crippen molar-refractivity contribution in [2.24, 2.45) is 35.3 Å². The summed E-state index contributed by atoms with van der Waals surface area (Å²) in [6.07, 6.45) is 0.571. The molecule has 2 saturated heterocycles. The molecular weight excluding hydrogens is 775 g/mol. The number of nitrogens with two attached hydrogens (primary N) is 1. The van der Waals surface area contributed by atoms with Gasteiger partial charge >= 0.3 is 24.1 Å². The number of carbonyl (C=O) groups is 4. The van der Waals surface area contributed by atoms with Crippen LogP contribution in [0.25, 0.3) is 0 Å². The van der Waals surface area contributed by atoms with Crippen LogP contribution in [0.2, 0.25) is 0 Å². The van der Waals surface area contributed by atoms with E-state index in [4.69, 9.17) is 15.6 Å². The molecule has 58 heavy (non-hydrogen) atoms. The van der Waals surface area contributed by atoms with Crippen molar-refractivity contribution in [3.63, 3.8) is 0 Å². The van der Waals surface area contributed by atoms with Crippen molar-refractivity contribution in [2.45, 2.75) is 131 Å². The normalized spacial score (nSPS) is 15.8. The Kier molecular flexibility index (Phi) is 26.7. The largest absolute Gasteiger partial charge is 0.468 e. The highest BCUT2D eigenvalue weighted by Crippen LogP contribution is 2.25. The molecule has 0 aliphatic carbocycles. The van der Waals surface area contributed by atoms with Crippen LogP contribution in [0.15, 0.2) is 29.2 Å². The zero-order chi connectivity index (χ0) is 45.6. The molecule has 1 aromatic carbocycles. The average Bonchev–Trinajstić information content (AvgIpc) is 3.12. The smallest absolute Gasteiger partial charge is 0.410 e. The van der Waals surface area contributed by atoms with Gasteiger partial charge in [0.1, 0.15) is 17.7 Å². The van der Waals surface area contributed by atoms with Gasteiger partial charge in [-0.2, -0.15) is 4.72 Å². The number of amides is 2. The second-order valence-electron chi connectivity index (χ2n) is 17.0. The zero-order valence-electron chi connectivity index (χ0n) is 37.3. The van der Waals surface area contributed by atoms with E-state index >= 15 is 0 Å². The van der Waals surface area contributed by atoms with Gasteiger partial charge in [0.2, 0.25) is 10.0 Å². The number of hydrogen-bond acceptors (Lipinski definition) is 12. The molecule has 2 fully saturated rings. The molecule has 4 N–H and O–H groups in total. The maximum atomic E-state index is 12.6. The van der Waals surface area contributed by atoms with E-state index in [9.17, 15) is 37.7 Å². The zero-order valence-corrected chi connectivity index (χ0v) is 38.1. The maximum Gasteiger partial charge on any atom is 0.410 e.